The minimum absolute atomic E-state index is 0.189. The first-order valence-corrected chi connectivity index (χ1v) is 5.01. The summed E-state index contributed by atoms with van der Waals surface area (Å²) in [6, 6.07) is 1.67. The van der Waals surface area contributed by atoms with Crippen LogP contribution in [0.15, 0.2) is 16.6 Å². The third kappa shape index (κ3) is 2.89. The van der Waals surface area contributed by atoms with E-state index in [1.165, 1.54) is 0 Å². The molecule has 0 aliphatic heterocycles. The Balaban J connectivity index is 3.52. The Morgan fingerprint density at radius 3 is 2.35 bits per heavy atom. The summed E-state index contributed by atoms with van der Waals surface area (Å²) in [5, 5.41) is 17.8. The number of carboxylic acids is 1. The lowest BCUT2D eigenvalue weighted by Crippen LogP contribution is -2.18. The Labute approximate surface area is 102 Å². The number of benzene rings is 1. The van der Waals surface area contributed by atoms with Crippen LogP contribution in [0.2, 0.25) is 0 Å². The van der Waals surface area contributed by atoms with Gasteiger partial charge >= 0.3 is 12.1 Å². The lowest BCUT2D eigenvalue weighted by Gasteiger charge is -2.17. The number of alkyl halides is 3. The highest BCUT2D eigenvalue weighted by atomic mass is 79.9. The molecule has 1 aromatic carbocycles. The predicted octanol–water partition coefficient (Wildman–Crippen LogP) is 2.17. The van der Waals surface area contributed by atoms with Crippen molar-refractivity contribution in [1.82, 2.24) is 0 Å². The first-order valence-electron chi connectivity index (χ1n) is 4.21. The van der Waals surface area contributed by atoms with E-state index in [-0.39, 0.29) is 10.2 Å². The quantitative estimate of drug-likeness (QED) is 0.731. The molecule has 1 rings (SSSR count). The molecule has 0 aliphatic carbocycles. The van der Waals surface area contributed by atoms with E-state index in [2.05, 4.69) is 15.9 Å². The topological polar surface area (TPSA) is 83.5 Å². The van der Waals surface area contributed by atoms with Crippen molar-refractivity contribution >= 4 is 27.6 Å². The zero-order valence-corrected chi connectivity index (χ0v) is 9.71. The highest BCUT2D eigenvalue weighted by Gasteiger charge is 2.38. The molecule has 0 fully saturated rings. The molecule has 94 valence electrons. The van der Waals surface area contributed by atoms with Gasteiger partial charge in [-0.1, -0.05) is 15.9 Å². The molecular weight excluding hydrogens is 307 g/mol. The van der Waals surface area contributed by atoms with Gasteiger partial charge in [-0.3, -0.25) is 0 Å². The van der Waals surface area contributed by atoms with Gasteiger partial charge in [0.15, 0.2) is 6.10 Å². The number of aliphatic hydroxyl groups is 1. The number of halogens is 4. The van der Waals surface area contributed by atoms with E-state index in [0.717, 1.165) is 6.07 Å². The number of carbonyl (C=O) groups is 1. The van der Waals surface area contributed by atoms with Crippen LogP contribution in [0, 0.1) is 0 Å². The maximum Gasteiger partial charge on any atom is 0.416 e. The van der Waals surface area contributed by atoms with Gasteiger partial charge in [-0.2, -0.15) is 13.2 Å². The Morgan fingerprint density at radius 2 is 1.94 bits per heavy atom. The molecule has 0 spiro atoms. The molecule has 1 aromatic rings. The number of rotatable bonds is 2. The standard InChI is InChI=1S/C9H7BrF3NO3/c10-5-2-3(14)1-4(9(11,12)13)6(5)7(15)8(16)17/h1-2,7,15H,14H2,(H,16,17). The Morgan fingerprint density at radius 1 is 1.41 bits per heavy atom. The molecule has 0 saturated heterocycles. The SMILES string of the molecule is Nc1cc(Br)c(C(O)C(=O)O)c(C(F)(F)F)c1. The Bertz CT molecular complexity index is 462. The minimum atomic E-state index is -4.80. The van der Waals surface area contributed by atoms with Gasteiger partial charge < -0.3 is 15.9 Å². The van der Waals surface area contributed by atoms with Crippen molar-refractivity contribution in [2.45, 2.75) is 12.3 Å². The Kier molecular flexibility index (Phi) is 3.68. The van der Waals surface area contributed by atoms with Gasteiger partial charge in [0, 0.05) is 15.7 Å². The van der Waals surface area contributed by atoms with Gasteiger partial charge in [0.2, 0.25) is 0 Å². The number of anilines is 1. The molecule has 1 unspecified atom stereocenters. The van der Waals surface area contributed by atoms with Crippen molar-refractivity contribution in [2.24, 2.45) is 0 Å². The number of aliphatic carboxylic acids is 1. The highest BCUT2D eigenvalue weighted by molar-refractivity contribution is 9.10. The molecule has 0 radical (unpaired) electrons. The largest absolute Gasteiger partial charge is 0.479 e. The second-order valence-corrected chi connectivity index (χ2v) is 4.06. The molecule has 4 nitrogen and oxygen atoms in total. The first kappa shape index (κ1) is 13.8. The van der Waals surface area contributed by atoms with Gasteiger partial charge in [-0.05, 0) is 12.1 Å². The molecule has 0 aromatic heterocycles. The van der Waals surface area contributed by atoms with Crippen LogP contribution in [0.25, 0.3) is 0 Å². The molecule has 17 heavy (non-hydrogen) atoms. The smallest absolute Gasteiger partial charge is 0.416 e. The summed E-state index contributed by atoms with van der Waals surface area (Å²) >= 11 is 2.76. The van der Waals surface area contributed by atoms with Crippen LogP contribution in [-0.4, -0.2) is 16.2 Å². The average Bonchev–Trinajstić information content (AvgIpc) is 2.14. The van der Waals surface area contributed by atoms with E-state index in [1.54, 1.807) is 0 Å². The number of hydrogen-bond acceptors (Lipinski definition) is 3. The zero-order chi connectivity index (χ0) is 13.4. The third-order valence-electron chi connectivity index (χ3n) is 1.96. The lowest BCUT2D eigenvalue weighted by atomic mass is 10.0. The van der Waals surface area contributed by atoms with Crippen LogP contribution >= 0.6 is 15.9 Å². The predicted molar refractivity (Wildman–Crippen MR) is 56.2 cm³/mol. The van der Waals surface area contributed by atoms with Gasteiger partial charge in [-0.25, -0.2) is 4.79 Å². The van der Waals surface area contributed by atoms with E-state index < -0.39 is 29.4 Å². The molecule has 1 atom stereocenters. The number of hydrogen-bond donors (Lipinski definition) is 3. The van der Waals surface area contributed by atoms with Crippen molar-refractivity contribution in [1.29, 1.82) is 0 Å². The summed E-state index contributed by atoms with van der Waals surface area (Å²) in [5.74, 6) is -1.78. The normalized spacial score (nSPS) is 13.5. The first-order chi connectivity index (χ1) is 7.64. The molecule has 0 amide bonds. The molecule has 0 saturated carbocycles. The summed E-state index contributed by atoms with van der Waals surface area (Å²) in [7, 11) is 0. The van der Waals surface area contributed by atoms with Crippen molar-refractivity contribution in [3.8, 4) is 0 Å². The van der Waals surface area contributed by atoms with Gasteiger partial charge in [0.05, 0.1) is 5.56 Å². The van der Waals surface area contributed by atoms with Crippen LogP contribution in [0.5, 0.6) is 0 Å². The van der Waals surface area contributed by atoms with E-state index in [4.69, 9.17) is 10.8 Å². The van der Waals surface area contributed by atoms with Crippen molar-refractivity contribution in [2.75, 3.05) is 5.73 Å². The lowest BCUT2D eigenvalue weighted by molar-refractivity contribution is -0.149. The maximum absolute atomic E-state index is 12.7. The second kappa shape index (κ2) is 4.53. The molecule has 8 heteroatoms. The van der Waals surface area contributed by atoms with Crippen LogP contribution in [0.4, 0.5) is 18.9 Å². The fourth-order valence-electron chi connectivity index (χ4n) is 1.27. The van der Waals surface area contributed by atoms with Gasteiger partial charge in [0.1, 0.15) is 0 Å². The summed E-state index contributed by atoms with van der Waals surface area (Å²) < 4.78 is 37.7. The number of nitrogen functional groups attached to an aromatic ring is 1. The van der Waals surface area contributed by atoms with Crippen molar-refractivity contribution in [3.63, 3.8) is 0 Å². The zero-order valence-electron chi connectivity index (χ0n) is 8.12. The van der Waals surface area contributed by atoms with Crippen LogP contribution < -0.4 is 5.73 Å². The minimum Gasteiger partial charge on any atom is -0.479 e. The molecular formula is C9H7BrF3NO3. The fraction of sp³-hybridized carbons (Fsp3) is 0.222. The monoisotopic (exact) mass is 313 g/mol. The van der Waals surface area contributed by atoms with Crippen LogP contribution in [0.1, 0.15) is 17.2 Å². The van der Waals surface area contributed by atoms with E-state index in [9.17, 15) is 23.1 Å². The van der Waals surface area contributed by atoms with Crippen LogP contribution in [0.3, 0.4) is 0 Å². The molecule has 0 heterocycles. The number of carboxylic acid groups (broad SMARTS) is 1. The summed E-state index contributed by atoms with van der Waals surface area (Å²) in [6.45, 7) is 0. The summed E-state index contributed by atoms with van der Waals surface area (Å²) in [4.78, 5) is 10.5. The summed E-state index contributed by atoms with van der Waals surface area (Å²) in [6.07, 6.45) is -7.08. The Hall–Kier alpha value is -1.28. The van der Waals surface area contributed by atoms with Crippen LogP contribution in [-0.2, 0) is 11.0 Å². The number of aliphatic hydroxyl groups excluding tert-OH is 1. The molecule has 0 aliphatic rings. The van der Waals surface area contributed by atoms with Gasteiger partial charge in [0.25, 0.3) is 0 Å². The second-order valence-electron chi connectivity index (χ2n) is 3.20. The summed E-state index contributed by atoms with van der Waals surface area (Å²) in [5.41, 5.74) is 3.01. The maximum atomic E-state index is 12.7. The highest BCUT2D eigenvalue weighted by Crippen LogP contribution is 2.39. The number of nitrogens with two attached hydrogens (primary N) is 1. The van der Waals surface area contributed by atoms with E-state index in [1.807, 2.05) is 0 Å². The van der Waals surface area contributed by atoms with Crippen molar-refractivity contribution < 1.29 is 28.2 Å². The van der Waals surface area contributed by atoms with Crippen molar-refractivity contribution in [3.05, 3.63) is 27.7 Å². The third-order valence-corrected chi connectivity index (χ3v) is 2.62. The van der Waals surface area contributed by atoms with E-state index >= 15 is 0 Å². The average molecular weight is 314 g/mol. The molecule has 4 N–H and O–H groups in total. The fourth-order valence-corrected chi connectivity index (χ4v) is 1.97. The van der Waals surface area contributed by atoms with Gasteiger partial charge in [-0.15, -0.1) is 0 Å². The molecule has 0 bridgehead atoms. The van der Waals surface area contributed by atoms with E-state index in [0.29, 0.717) is 6.07 Å².